The lowest BCUT2D eigenvalue weighted by atomic mass is 9.88. The van der Waals surface area contributed by atoms with Crippen LogP contribution >= 0.6 is 0 Å². The number of allylic oxidation sites excluding steroid dienone is 1. The van der Waals surface area contributed by atoms with Crippen LogP contribution in [0.25, 0.3) is 5.57 Å². The molecule has 2 aromatic rings. The second-order valence-electron chi connectivity index (χ2n) is 7.45. The summed E-state index contributed by atoms with van der Waals surface area (Å²) in [7, 11) is 0. The molecule has 2 aromatic carbocycles. The highest BCUT2D eigenvalue weighted by Crippen LogP contribution is 2.35. The van der Waals surface area contributed by atoms with Gasteiger partial charge in [0.1, 0.15) is 0 Å². The maximum absolute atomic E-state index is 13.1. The van der Waals surface area contributed by atoms with Gasteiger partial charge in [0.2, 0.25) is 5.91 Å². The fraction of sp³-hybridized carbons (Fsp3) is 0.348. The molecule has 0 atom stereocenters. The summed E-state index contributed by atoms with van der Waals surface area (Å²) in [6.45, 7) is 4.34. The molecule has 1 amide bonds. The largest absolute Gasteiger partial charge is 0.339 e. The Labute approximate surface area is 155 Å². The van der Waals surface area contributed by atoms with Gasteiger partial charge in [0.15, 0.2) is 0 Å². The number of hydrogen-bond donors (Lipinski definition) is 1. The SMILES string of the molecule is CC1=C(C(=O)N2CCC(c3cccc(CN)c3)CC2)Cc2ccccc21. The molecule has 0 radical (unpaired) electrons. The van der Waals surface area contributed by atoms with E-state index in [0.717, 1.165) is 43.5 Å². The van der Waals surface area contributed by atoms with E-state index < -0.39 is 0 Å². The maximum atomic E-state index is 13.1. The molecule has 1 heterocycles. The van der Waals surface area contributed by atoms with Gasteiger partial charge < -0.3 is 10.6 Å². The average Bonchev–Trinajstić information content (AvgIpc) is 3.04. The van der Waals surface area contributed by atoms with Crippen LogP contribution in [0, 0.1) is 0 Å². The summed E-state index contributed by atoms with van der Waals surface area (Å²) < 4.78 is 0. The zero-order valence-electron chi connectivity index (χ0n) is 15.4. The lowest BCUT2D eigenvalue weighted by molar-refractivity contribution is -0.128. The summed E-state index contributed by atoms with van der Waals surface area (Å²) >= 11 is 0. The predicted molar refractivity (Wildman–Crippen MR) is 106 cm³/mol. The topological polar surface area (TPSA) is 46.3 Å². The molecule has 1 fully saturated rings. The zero-order chi connectivity index (χ0) is 18.1. The Bertz CT molecular complexity index is 860. The molecule has 3 nitrogen and oxygen atoms in total. The van der Waals surface area contributed by atoms with Crippen LogP contribution in [-0.4, -0.2) is 23.9 Å². The van der Waals surface area contributed by atoms with Crippen LogP contribution in [0.3, 0.4) is 0 Å². The second kappa shape index (κ2) is 7.08. The lowest BCUT2D eigenvalue weighted by Crippen LogP contribution is -2.39. The van der Waals surface area contributed by atoms with Gasteiger partial charge in [-0.15, -0.1) is 0 Å². The first kappa shape index (κ1) is 17.0. The van der Waals surface area contributed by atoms with Crippen LogP contribution in [-0.2, 0) is 17.8 Å². The fourth-order valence-electron chi connectivity index (χ4n) is 4.34. The number of benzene rings is 2. The number of amides is 1. The van der Waals surface area contributed by atoms with Crippen molar-refractivity contribution in [3.05, 3.63) is 76.4 Å². The molecule has 3 heteroatoms. The van der Waals surface area contributed by atoms with Gasteiger partial charge in [-0.1, -0.05) is 48.5 Å². The van der Waals surface area contributed by atoms with Crippen LogP contribution < -0.4 is 5.73 Å². The lowest BCUT2D eigenvalue weighted by Gasteiger charge is -2.33. The molecule has 0 bridgehead atoms. The molecule has 4 rings (SSSR count). The van der Waals surface area contributed by atoms with Gasteiger partial charge in [-0.25, -0.2) is 0 Å². The summed E-state index contributed by atoms with van der Waals surface area (Å²) in [4.78, 5) is 15.1. The molecule has 0 saturated carbocycles. The summed E-state index contributed by atoms with van der Waals surface area (Å²) in [5.41, 5.74) is 13.0. The number of nitrogens with two attached hydrogens (primary N) is 1. The number of rotatable bonds is 3. The molecule has 0 unspecified atom stereocenters. The average molecular weight is 346 g/mol. The summed E-state index contributed by atoms with van der Waals surface area (Å²) in [6, 6.07) is 17.0. The van der Waals surface area contributed by atoms with Crippen molar-refractivity contribution in [3.8, 4) is 0 Å². The molecule has 0 spiro atoms. The standard InChI is InChI=1S/C23H26N2O/c1-16-21-8-3-2-6-20(21)14-22(16)23(26)25-11-9-18(10-12-25)19-7-4-5-17(13-19)15-24/h2-8,13,18H,9-12,14-15,24H2,1H3. The van der Waals surface area contributed by atoms with Crippen molar-refractivity contribution in [1.82, 2.24) is 4.90 Å². The highest BCUT2D eigenvalue weighted by atomic mass is 16.2. The van der Waals surface area contributed by atoms with E-state index in [1.54, 1.807) is 0 Å². The molecule has 1 aliphatic carbocycles. The van der Waals surface area contributed by atoms with Crippen LogP contribution in [0.2, 0.25) is 0 Å². The molecule has 1 saturated heterocycles. The second-order valence-corrected chi connectivity index (χ2v) is 7.45. The summed E-state index contributed by atoms with van der Waals surface area (Å²) in [6.07, 6.45) is 2.83. The van der Waals surface area contributed by atoms with E-state index >= 15 is 0 Å². The molecule has 2 N–H and O–H groups in total. The number of nitrogens with zero attached hydrogens (tertiary/aromatic N) is 1. The number of likely N-dealkylation sites (tertiary alicyclic amines) is 1. The zero-order valence-corrected chi connectivity index (χ0v) is 15.4. The highest BCUT2D eigenvalue weighted by molar-refractivity contribution is 6.03. The molecule has 134 valence electrons. The monoisotopic (exact) mass is 346 g/mol. The number of fused-ring (bicyclic) bond motifs is 1. The minimum absolute atomic E-state index is 0.229. The fourth-order valence-corrected chi connectivity index (χ4v) is 4.34. The first-order valence-electron chi connectivity index (χ1n) is 9.53. The van der Waals surface area contributed by atoms with E-state index in [4.69, 9.17) is 5.73 Å². The number of piperidine rings is 1. The molecule has 1 aliphatic heterocycles. The summed E-state index contributed by atoms with van der Waals surface area (Å²) in [5, 5.41) is 0. The highest BCUT2D eigenvalue weighted by Gasteiger charge is 2.29. The van der Waals surface area contributed by atoms with Crippen LogP contribution in [0.15, 0.2) is 54.1 Å². The first-order chi connectivity index (χ1) is 12.7. The Kier molecular flexibility index (Phi) is 4.64. The smallest absolute Gasteiger partial charge is 0.250 e. The predicted octanol–water partition coefficient (Wildman–Crippen LogP) is 3.88. The van der Waals surface area contributed by atoms with Crippen molar-refractivity contribution < 1.29 is 4.79 Å². The Balaban J connectivity index is 1.44. The summed E-state index contributed by atoms with van der Waals surface area (Å²) in [5.74, 6) is 0.759. The molecular weight excluding hydrogens is 320 g/mol. The van der Waals surface area contributed by atoms with Crippen LogP contribution in [0.4, 0.5) is 0 Å². The van der Waals surface area contributed by atoms with Crippen molar-refractivity contribution in [3.63, 3.8) is 0 Å². The van der Waals surface area contributed by atoms with E-state index in [2.05, 4.69) is 55.5 Å². The molecule has 26 heavy (non-hydrogen) atoms. The van der Waals surface area contributed by atoms with Crippen molar-refractivity contribution in [1.29, 1.82) is 0 Å². The van der Waals surface area contributed by atoms with Crippen LogP contribution in [0.1, 0.15) is 47.9 Å². The van der Waals surface area contributed by atoms with E-state index in [9.17, 15) is 4.79 Å². The van der Waals surface area contributed by atoms with Crippen molar-refractivity contribution in [2.45, 2.75) is 38.6 Å². The van der Waals surface area contributed by atoms with Gasteiger partial charge in [-0.3, -0.25) is 4.79 Å². The third-order valence-electron chi connectivity index (χ3n) is 5.94. The minimum atomic E-state index is 0.229. The molecule has 0 aromatic heterocycles. The first-order valence-corrected chi connectivity index (χ1v) is 9.53. The normalized spacial score (nSPS) is 17.5. The Hall–Kier alpha value is -2.39. The van der Waals surface area contributed by atoms with Crippen LogP contribution in [0.5, 0.6) is 0 Å². The Morgan fingerprint density at radius 2 is 1.88 bits per heavy atom. The van der Waals surface area contributed by atoms with Crippen molar-refractivity contribution >= 4 is 11.5 Å². The van der Waals surface area contributed by atoms with E-state index in [-0.39, 0.29) is 5.91 Å². The van der Waals surface area contributed by atoms with Gasteiger partial charge in [0, 0.05) is 31.6 Å². The van der Waals surface area contributed by atoms with Gasteiger partial charge in [0.05, 0.1) is 0 Å². The molecular formula is C23H26N2O. The van der Waals surface area contributed by atoms with Gasteiger partial charge in [0.25, 0.3) is 0 Å². The van der Waals surface area contributed by atoms with Crippen molar-refractivity contribution in [2.24, 2.45) is 5.73 Å². The van der Waals surface area contributed by atoms with E-state index in [1.807, 2.05) is 4.90 Å². The number of carbonyl (C=O) groups excluding carboxylic acids is 1. The van der Waals surface area contributed by atoms with E-state index in [1.165, 1.54) is 22.3 Å². The number of carbonyl (C=O) groups is 1. The Morgan fingerprint density at radius 1 is 1.12 bits per heavy atom. The quantitative estimate of drug-likeness (QED) is 0.917. The Morgan fingerprint density at radius 3 is 2.62 bits per heavy atom. The minimum Gasteiger partial charge on any atom is -0.339 e. The molecule has 2 aliphatic rings. The van der Waals surface area contributed by atoms with E-state index in [0.29, 0.717) is 12.5 Å². The third-order valence-corrected chi connectivity index (χ3v) is 5.94. The van der Waals surface area contributed by atoms with Crippen molar-refractivity contribution in [2.75, 3.05) is 13.1 Å². The van der Waals surface area contributed by atoms with Gasteiger partial charge >= 0.3 is 0 Å². The maximum Gasteiger partial charge on any atom is 0.250 e. The third kappa shape index (κ3) is 3.08. The van der Waals surface area contributed by atoms with Gasteiger partial charge in [-0.05, 0) is 53.5 Å². The van der Waals surface area contributed by atoms with Gasteiger partial charge in [-0.2, -0.15) is 0 Å². The number of hydrogen-bond acceptors (Lipinski definition) is 2.